The predicted molar refractivity (Wildman–Crippen MR) is 137 cm³/mol. The van der Waals surface area contributed by atoms with E-state index in [2.05, 4.69) is 0 Å². The van der Waals surface area contributed by atoms with Gasteiger partial charge in [-0.1, -0.05) is 43.1 Å². The summed E-state index contributed by atoms with van der Waals surface area (Å²) in [5.74, 6) is -1.76. The van der Waals surface area contributed by atoms with Gasteiger partial charge >= 0.3 is 0 Å². The van der Waals surface area contributed by atoms with E-state index in [4.69, 9.17) is 37.4 Å². The van der Waals surface area contributed by atoms with Crippen LogP contribution >= 0.6 is 23.2 Å². The second-order valence-corrected chi connectivity index (χ2v) is 11.3. The van der Waals surface area contributed by atoms with Crippen LogP contribution in [0.3, 0.4) is 0 Å². The Balaban J connectivity index is 1.66. The number of phenolic OH excluding ortho intramolecular Hbond substituents is 3. The topological polar surface area (TPSA) is 105 Å². The minimum absolute atomic E-state index is 0.0378. The van der Waals surface area contributed by atoms with E-state index in [1.807, 2.05) is 39.8 Å². The van der Waals surface area contributed by atoms with Gasteiger partial charge in [0, 0.05) is 36.0 Å². The Bertz CT molecular complexity index is 1580. The second-order valence-electron chi connectivity index (χ2n) is 10.5. The van der Waals surface area contributed by atoms with Gasteiger partial charge in [-0.3, -0.25) is 4.79 Å². The van der Waals surface area contributed by atoms with Gasteiger partial charge in [0.15, 0.2) is 5.75 Å². The maximum Gasteiger partial charge on any atom is 0.212 e. The lowest BCUT2D eigenvalue weighted by Crippen LogP contribution is -2.47. The number of halogens is 2. The molecule has 6 rings (SSSR count). The van der Waals surface area contributed by atoms with Crippen molar-refractivity contribution in [2.45, 2.75) is 51.4 Å². The first-order valence-corrected chi connectivity index (χ1v) is 12.5. The number of hydrogen-bond acceptors (Lipinski definition) is 7. The summed E-state index contributed by atoms with van der Waals surface area (Å²) >= 11 is 12.6. The van der Waals surface area contributed by atoms with Crippen molar-refractivity contribution in [3.63, 3.8) is 0 Å². The number of rotatable bonds is 1. The molecule has 3 aromatic rings. The van der Waals surface area contributed by atoms with E-state index in [-0.39, 0.29) is 27.5 Å². The van der Waals surface area contributed by atoms with E-state index in [0.29, 0.717) is 29.0 Å². The molecule has 2 atom stereocenters. The molecule has 0 aromatic heterocycles. The van der Waals surface area contributed by atoms with Crippen LogP contribution in [0.2, 0.25) is 10.0 Å². The number of fused-ring (bicyclic) bond motifs is 8. The number of aromatic hydroxyl groups is 3. The lowest BCUT2D eigenvalue weighted by Gasteiger charge is -2.46. The third kappa shape index (κ3) is 3.02. The SMILES string of the molecule is COc1cc(C)c2c(c1)OC1(C)Cc3cc4c(c(O)c3C2O1)C(=O)c1c(O)c(Cl)c(O)c(Cl)c1C4(C)C. The predicted octanol–water partition coefficient (Wildman–Crippen LogP) is 6.07. The van der Waals surface area contributed by atoms with Gasteiger partial charge in [-0.25, -0.2) is 0 Å². The molecule has 3 N–H and O–H groups in total. The Morgan fingerprint density at radius 3 is 2.35 bits per heavy atom. The molecule has 1 aliphatic carbocycles. The molecule has 7 nitrogen and oxygen atoms in total. The van der Waals surface area contributed by atoms with Crippen LogP contribution in [0.5, 0.6) is 28.7 Å². The monoisotopic (exact) mass is 542 g/mol. The van der Waals surface area contributed by atoms with E-state index >= 15 is 0 Å². The molecule has 2 unspecified atom stereocenters. The van der Waals surface area contributed by atoms with Gasteiger partial charge < -0.3 is 29.5 Å². The zero-order valence-corrected chi connectivity index (χ0v) is 22.3. The summed E-state index contributed by atoms with van der Waals surface area (Å²) in [5, 5.41) is 32.4. The van der Waals surface area contributed by atoms with Crippen molar-refractivity contribution in [3.8, 4) is 28.7 Å². The summed E-state index contributed by atoms with van der Waals surface area (Å²) in [4.78, 5) is 13.9. The first-order valence-electron chi connectivity index (χ1n) is 11.7. The highest BCUT2D eigenvalue weighted by molar-refractivity contribution is 6.40. The molecule has 3 aromatic carbocycles. The summed E-state index contributed by atoms with van der Waals surface area (Å²) < 4.78 is 18.1. The molecule has 2 aliphatic heterocycles. The Kier molecular flexibility index (Phi) is 4.89. The number of ether oxygens (including phenoxy) is 3. The highest BCUT2D eigenvalue weighted by atomic mass is 35.5. The summed E-state index contributed by atoms with van der Waals surface area (Å²) in [5.41, 5.74) is 2.49. The molecule has 0 fully saturated rings. The number of carbonyl (C=O) groups is 1. The van der Waals surface area contributed by atoms with E-state index in [1.165, 1.54) is 0 Å². The minimum Gasteiger partial charge on any atom is -0.507 e. The van der Waals surface area contributed by atoms with E-state index < -0.39 is 39.6 Å². The van der Waals surface area contributed by atoms with Crippen molar-refractivity contribution in [1.82, 2.24) is 0 Å². The normalized spacial score (nSPS) is 22.4. The maximum atomic E-state index is 13.9. The number of ketones is 1. The number of benzene rings is 3. The molecule has 0 radical (unpaired) electrons. The molecule has 192 valence electrons. The highest BCUT2D eigenvalue weighted by Gasteiger charge is 2.50. The zero-order chi connectivity index (χ0) is 26.8. The lowest BCUT2D eigenvalue weighted by atomic mass is 9.66. The Morgan fingerprint density at radius 2 is 1.68 bits per heavy atom. The molecule has 2 bridgehead atoms. The third-order valence-corrected chi connectivity index (χ3v) is 8.52. The summed E-state index contributed by atoms with van der Waals surface area (Å²) in [6.45, 7) is 7.36. The maximum absolute atomic E-state index is 13.9. The minimum atomic E-state index is -1.02. The van der Waals surface area contributed by atoms with Gasteiger partial charge in [0.05, 0.1) is 23.3 Å². The molecular weight excluding hydrogens is 519 g/mol. The third-order valence-electron chi connectivity index (χ3n) is 7.80. The molecule has 0 saturated carbocycles. The largest absolute Gasteiger partial charge is 0.507 e. The smallest absolute Gasteiger partial charge is 0.212 e. The summed E-state index contributed by atoms with van der Waals surface area (Å²) in [6.07, 6.45) is -0.399. The number of carbonyl (C=O) groups excluding carboxylic acids is 1. The zero-order valence-electron chi connectivity index (χ0n) is 20.7. The fraction of sp³-hybridized carbons (Fsp3) is 0.321. The molecular formula is C28H24Cl2O7. The molecule has 37 heavy (non-hydrogen) atoms. The Morgan fingerprint density at radius 1 is 0.973 bits per heavy atom. The van der Waals surface area contributed by atoms with Crippen molar-refractivity contribution in [2.75, 3.05) is 7.11 Å². The summed E-state index contributed by atoms with van der Waals surface area (Å²) in [6, 6.07) is 5.51. The van der Waals surface area contributed by atoms with Gasteiger partial charge in [0.2, 0.25) is 11.6 Å². The van der Waals surface area contributed by atoms with Crippen molar-refractivity contribution in [3.05, 3.63) is 72.8 Å². The van der Waals surface area contributed by atoms with Crippen LogP contribution in [0.1, 0.15) is 76.2 Å². The van der Waals surface area contributed by atoms with E-state index in [1.54, 1.807) is 13.2 Å². The highest BCUT2D eigenvalue weighted by Crippen LogP contribution is 2.58. The average molecular weight is 543 g/mol. The number of hydrogen-bond donors (Lipinski definition) is 3. The van der Waals surface area contributed by atoms with Crippen LogP contribution in [-0.4, -0.2) is 34.0 Å². The van der Waals surface area contributed by atoms with Gasteiger partial charge in [0.1, 0.15) is 34.1 Å². The van der Waals surface area contributed by atoms with E-state index in [9.17, 15) is 20.1 Å². The number of methoxy groups -OCH3 is 1. The van der Waals surface area contributed by atoms with Gasteiger partial charge in [-0.15, -0.1) is 0 Å². The van der Waals surface area contributed by atoms with Crippen LogP contribution in [0.25, 0.3) is 0 Å². The number of aryl methyl sites for hydroxylation is 1. The first kappa shape index (κ1) is 24.2. The quantitative estimate of drug-likeness (QED) is 0.342. The first-order chi connectivity index (χ1) is 17.3. The van der Waals surface area contributed by atoms with Crippen LogP contribution in [-0.2, 0) is 16.6 Å². The van der Waals surface area contributed by atoms with Crippen LogP contribution in [0.4, 0.5) is 0 Å². The van der Waals surface area contributed by atoms with Crippen molar-refractivity contribution in [2.24, 2.45) is 0 Å². The molecule has 2 heterocycles. The van der Waals surface area contributed by atoms with Gasteiger partial charge in [0.25, 0.3) is 0 Å². The molecule has 0 saturated heterocycles. The van der Waals surface area contributed by atoms with Crippen molar-refractivity contribution in [1.29, 1.82) is 0 Å². The fourth-order valence-electron chi connectivity index (χ4n) is 6.10. The Hall–Kier alpha value is -3.13. The van der Waals surface area contributed by atoms with Gasteiger partial charge in [-0.2, -0.15) is 0 Å². The van der Waals surface area contributed by atoms with Crippen LogP contribution in [0.15, 0.2) is 18.2 Å². The van der Waals surface area contributed by atoms with E-state index in [0.717, 1.165) is 16.7 Å². The second kappa shape index (κ2) is 7.47. The lowest BCUT2D eigenvalue weighted by molar-refractivity contribution is -0.216. The number of phenols is 3. The van der Waals surface area contributed by atoms with Gasteiger partial charge in [-0.05, 0) is 35.2 Å². The standard InChI is InChI=1S/C28H24Cl2O7/c1-10-6-12(35-5)8-14-15(10)26-16-11(9-28(4,36-14)37-26)7-13-17(22(16)31)23(32)18-19(27(13,2)3)20(29)25(34)21(30)24(18)33/h6-8,26,31,33-34H,9H2,1-5H3. The van der Waals surface area contributed by atoms with Crippen molar-refractivity contribution >= 4 is 29.0 Å². The molecule has 9 heteroatoms. The van der Waals surface area contributed by atoms with Crippen LogP contribution < -0.4 is 9.47 Å². The van der Waals surface area contributed by atoms with Crippen LogP contribution in [0, 0.1) is 6.92 Å². The summed E-state index contributed by atoms with van der Waals surface area (Å²) in [7, 11) is 1.58. The van der Waals surface area contributed by atoms with Crippen molar-refractivity contribution < 1.29 is 34.3 Å². The average Bonchev–Trinajstić information content (AvgIpc) is 2.82. The molecule has 0 spiro atoms. The Labute approximate surface area is 223 Å². The molecule has 3 aliphatic rings. The fourth-order valence-corrected chi connectivity index (χ4v) is 6.76. The molecule has 0 amide bonds.